The van der Waals surface area contributed by atoms with Crippen molar-refractivity contribution in [2.45, 2.75) is 50.9 Å². The van der Waals surface area contributed by atoms with Crippen LogP contribution in [0, 0.1) is 16.7 Å². The van der Waals surface area contributed by atoms with Crippen LogP contribution in [0.15, 0.2) is 24.3 Å². The van der Waals surface area contributed by atoms with Crippen LogP contribution in [-0.2, 0) is 11.2 Å². The van der Waals surface area contributed by atoms with E-state index < -0.39 is 5.41 Å². The second-order valence-electron chi connectivity index (χ2n) is 6.42. The Kier molecular flexibility index (Phi) is 3.96. The summed E-state index contributed by atoms with van der Waals surface area (Å²) in [5.74, 6) is 0.378. The molecular formula is C18H22N2O. The number of nitrogens with zero attached hydrogens (tertiary/aromatic N) is 1. The maximum atomic E-state index is 12.5. The molecule has 3 nitrogen and oxygen atoms in total. The van der Waals surface area contributed by atoms with Crippen LogP contribution in [0.3, 0.4) is 0 Å². The highest BCUT2D eigenvalue weighted by molar-refractivity contribution is 5.85. The molecule has 0 aromatic heterocycles. The number of benzene rings is 1. The van der Waals surface area contributed by atoms with E-state index in [1.165, 1.54) is 11.1 Å². The number of carbonyl (C=O) groups is 1. The van der Waals surface area contributed by atoms with Crippen molar-refractivity contribution in [3.8, 4) is 6.07 Å². The number of hydrogen-bond acceptors (Lipinski definition) is 2. The van der Waals surface area contributed by atoms with E-state index in [-0.39, 0.29) is 5.91 Å². The Balaban J connectivity index is 1.60. The van der Waals surface area contributed by atoms with Crippen LogP contribution < -0.4 is 5.32 Å². The first kappa shape index (κ1) is 14.1. The van der Waals surface area contributed by atoms with Crippen molar-refractivity contribution in [2.24, 2.45) is 5.41 Å². The van der Waals surface area contributed by atoms with Crippen molar-refractivity contribution in [1.29, 1.82) is 5.26 Å². The van der Waals surface area contributed by atoms with E-state index in [1.807, 2.05) is 0 Å². The van der Waals surface area contributed by atoms with Crippen molar-refractivity contribution >= 4 is 5.91 Å². The van der Waals surface area contributed by atoms with Gasteiger partial charge in [0.25, 0.3) is 0 Å². The lowest BCUT2D eigenvalue weighted by Gasteiger charge is -2.31. The summed E-state index contributed by atoms with van der Waals surface area (Å²) >= 11 is 0. The third-order valence-electron chi connectivity index (χ3n) is 5.08. The average molecular weight is 282 g/mol. The Morgan fingerprint density at radius 1 is 1.24 bits per heavy atom. The van der Waals surface area contributed by atoms with Crippen molar-refractivity contribution in [3.05, 3.63) is 35.4 Å². The van der Waals surface area contributed by atoms with Gasteiger partial charge in [-0.1, -0.05) is 49.9 Å². The fraction of sp³-hybridized carbons (Fsp3) is 0.556. The zero-order valence-electron chi connectivity index (χ0n) is 12.4. The van der Waals surface area contributed by atoms with Crippen LogP contribution in [0.1, 0.15) is 55.6 Å². The summed E-state index contributed by atoms with van der Waals surface area (Å²) in [5, 5.41) is 12.6. The van der Waals surface area contributed by atoms with Crippen molar-refractivity contribution < 1.29 is 4.79 Å². The molecular weight excluding hydrogens is 260 g/mol. The van der Waals surface area contributed by atoms with Gasteiger partial charge in [0.2, 0.25) is 5.91 Å². The molecule has 1 N–H and O–H groups in total. The Bertz CT molecular complexity index is 565. The Hall–Kier alpha value is -1.82. The lowest BCUT2D eigenvalue weighted by atomic mass is 9.77. The van der Waals surface area contributed by atoms with Gasteiger partial charge in [0.1, 0.15) is 5.41 Å². The molecule has 0 heterocycles. The van der Waals surface area contributed by atoms with Gasteiger partial charge in [-0.3, -0.25) is 4.79 Å². The van der Waals surface area contributed by atoms with Crippen molar-refractivity contribution in [1.82, 2.24) is 5.32 Å². The maximum Gasteiger partial charge on any atom is 0.240 e. The van der Waals surface area contributed by atoms with Crippen molar-refractivity contribution in [2.75, 3.05) is 6.54 Å². The van der Waals surface area contributed by atoms with E-state index in [2.05, 4.69) is 35.7 Å². The molecule has 3 heteroatoms. The van der Waals surface area contributed by atoms with Crippen LogP contribution in [0.2, 0.25) is 0 Å². The van der Waals surface area contributed by atoms with Crippen LogP contribution in [0.4, 0.5) is 0 Å². The molecule has 2 aliphatic rings. The Morgan fingerprint density at radius 2 is 1.95 bits per heavy atom. The first-order chi connectivity index (χ1) is 10.2. The molecule has 2 aliphatic carbocycles. The molecule has 1 fully saturated rings. The van der Waals surface area contributed by atoms with E-state index in [0.29, 0.717) is 12.5 Å². The summed E-state index contributed by atoms with van der Waals surface area (Å²) in [4.78, 5) is 12.5. The van der Waals surface area contributed by atoms with Crippen LogP contribution in [0.25, 0.3) is 0 Å². The number of hydrogen-bond donors (Lipinski definition) is 1. The minimum atomic E-state index is -0.778. The molecule has 0 spiro atoms. The second-order valence-corrected chi connectivity index (χ2v) is 6.42. The third-order valence-corrected chi connectivity index (χ3v) is 5.08. The first-order valence-electron chi connectivity index (χ1n) is 8.02. The fourth-order valence-electron chi connectivity index (χ4n) is 3.65. The molecule has 1 unspecified atom stereocenters. The summed E-state index contributed by atoms with van der Waals surface area (Å²) in [6.07, 6.45) is 6.75. The zero-order chi connectivity index (χ0) is 14.7. The van der Waals surface area contributed by atoms with Crippen LogP contribution >= 0.6 is 0 Å². The predicted octanol–water partition coefficient (Wildman–Crippen LogP) is 3.31. The quantitative estimate of drug-likeness (QED) is 0.865. The van der Waals surface area contributed by atoms with Gasteiger partial charge >= 0.3 is 0 Å². The molecule has 1 amide bonds. The van der Waals surface area contributed by atoms with Gasteiger partial charge in [-0.15, -0.1) is 0 Å². The molecule has 1 aromatic rings. The Labute approximate surface area is 126 Å². The molecule has 0 saturated heterocycles. The monoisotopic (exact) mass is 282 g/mol. The summed E-state index contributed by atoms with van der Waals surface area (Å²) in [7, 11) is 0. The van der Waals surface area contributed by atoms with Gasteiger partial charge < -0.3 is 5.32 Å². The molecule has 0 aliphatic heterocycles. The minimum Gasteiger partial charge on any atom is -0.354 e. The Morgan fingerprint density at radius 3 is 2.62 bits per heavy atom. The van der Waals surface area contributed by atoms with Crippen LogP contribution in [0.5, 0.6) is 0 Å². The number of amides is 1. The van der Waals surface area contributed by atoms with E-state index in [4.69, 9.17) is 0 Å². The highest BCUT2D eigenvalue weighted by Crippen LogP contribution is 2.36. The standard InChI is InChI=1S/C18H22N2O/c19-13-18(9-5-1-2-6-10-18)17(21)20-12-15-11-14-7-3-4-8-16(14)15/h3-4,7-8,15H,1-2,5-6,9-12H2,(H,20,21). The molecule has 0 bridgehead atoms. The van der Waals surface area contributed by atoms with Gasteiger partial charge in [0.05, 0.1) is 6.07 Å². The molecule has 110 valence electrons. The molecule has 1 aromatic carbocycles. The molecule has 3 rings (SSSR count). The lowest BCUT2D eigenvalue weighted by molar-refractivity contribution is -0.128. The highest BCUT2D eigenvalue weighted by Gasteiger charge is 2.39. The highest BCUT2D eigenvalue weighted by atomic mass is 16.2. The summed E-state index contributed by atoms with van der Waals surface area (Å²) in [5.41, 5.74) is 1.96. The van der Waals surface area contributed by atoms with Crippen LogP contribution in [-0.4, -0.2) is 12.5 Å². The molecule has 1 saturated carbocycles. The third kappa shape index (κ3) is 2.68. The molecule has 21 heavy (non-hydrogen) atoms. The minimum absolute atomic E-state index is 0.0451. The summed E-state index contributed by atoms with van der Waals surface area (Å²) in [6.45, 7) is 0.666. The average Bonchev–Trinajstić information content (AvgIpc) is 2.74. The van der Waals surface area contributed by atoms with Gasteiger partial charge in [0.15, 0.2) is 0 Å². The predicted molar refractivity (Wildman–Crippen MR) is 81.6 cm³/mol. The smallest absolute Gasteiger partial charge is 0.240 e. The molecule has 0 radical (unpaired) electrons. The number of carbonyl (C=O) groups excluding carboxylic acids is 1. The molecule has 1 atom stereocenters. The SMILES string of the molecule is N#CC1(C(=O)NCC2Cc3ccccc32)CCCCCC1. The van der Waals surface area contributed by atoms with E-state index in [0.717, 1.165) is 44.9 Å². The fourth-order valence-corrected chi connectivity index (χ4v) is 3.65. The normalized spacial score (nSPS) is 23.1. The summed E-state index contributed by atoms with van der Waals surface area (Å²) in [6, 6.07) is 10.7. The number of nitriles is 1. The van der Waals surface area contributed by atoms with E-state index in [9.17, 15) is 10.1 Å². The largest absolute Gasteiger partial charge is 0.354 e. The van der Waals surface area contributed by atoms with Crippen molar-refractivity contribution in [3.63, 3.8) is 0 Å². The number of nitrogens with one attached hydrogen (secondary N) is 1. The maximum absolute atomic E-state index is 12.5. The second kappa shape index (κ2) is 5.89. The number of fused-ring (bicyclic) bond motifs is 1. The van der Waals surface area contributed by atoms with Gasteiger partial charge in [-0.05, 0) is 30.4 Å². The summed E-state index contributed by atoms with van der Waals surface area (Å²) < 4.78 is 0. The number of rotatable bonds is 3. The zero-order valence-corrected chi connectivity index (χ0v) is 12.4. The first-order valence-corrected chi connectivity index (χ1v) is 8.02. The van der Waals surface area contributed by atoms with Gasteiger partial charge in [0, 0.05) is 12.5 Å². The van der Waals surface area contributed by atoms with Gasteiger partial charge in [-0.25, -0.2) is 0 Å². The van der Waals surface area contributed by atoms with Gasteiger partial charge in [-0.2, -0.15) is 5.26 Å². The lowest BCUT2D eigenvalue weighted by Crippen LogP contribution is -2.42. The van der Waals surface area contributed by atoms with E-state index >= 15 is 0 Å². The van der Waals surface area contributed by atoms with E-state index in [1.54, 1.807) is 0 Å². The topological polar surface area (TPSA) is 52.9 Å².